The van der Waals surface area contributed by atoms with E-state index in [1.54, 1.807) is 0 Å². The fourth-order valence-electron chi connectivity index (χ4n) is 11.2. The lowest BCUT2D eigenvalue weighted by Crippen LogP contribution is -2.61. The molecule has 2 aliphatic rings. The molecule has 336 valence electrons. The molecule has 1 aromatic heterocycles. The lowest BCUT2D eigenvalue weighted by atomic mass is 9.33. The number of furan rings is 1. The molecule has 0 bridgehead atoms. The molecule has 0 saturated heterocycles. The van der Waals surface area contributed by atoms with Crippen LogP contribution in [-0.4, -0.2) is 6.71 Å². The Morgan fingerprint density at radius 2 is 0.913 bits per heavy atom. The van der Waals surface area contributed by atoms with Gasteiger partial charge < -0.3 is 14.2 Å². The zero-order valence-corrected chi connectivity index (χ0v) is 41.2. The van der Waals surface area contributed by atoms with Crippen molar-refractivity contribution < 1.29 is 4.42 Å². The highest BCUT2D eigenvalue weighted by Gasteiger charge is 2.44. The summed E-state index contributed by atoms with van der Waals surface area (Å²) in [5.74, 6) is 0. The van der Waals surface area contributed by atoms with Crippen molar-refractivity contribution >= 4 is 79.2 Å². The van der Waals surface area contributed by atoms with Crippen molar-refractivity contribution in [2.75, 3.05) is 9.80 Å². The third-order valence-corrected chi connectivity index (χ3v) is 14.9. The predicted molar refractivity (Wildman–Crippen MR) is 296 cm³/mol. The molecular weight excluding hydrogens is 836 g/mol. The Kier molecular flexibility index (Phi) is 9.77. The zero-order valence-electron chi connectivity index (χ0n) is 41.2. The van der Waals surface area contributed by atoms with Crippen LogP contribution in [0.25, 0.3) is 55.3 Å². The van der Waals surface area contributed by atoms with Crippen LogP contribution in [0.15, 0.2) is 186 Å². The molecule has 3 heterocycles. The monoisotopic (exact) mass is 892 g/mol. The third kappa shape index (κ3) is 7.11. The van der Waals surface area contributed by atoms with Crippen molar-refractivity contribution in [1.82, 2.24) is 0 Å². The maximum absolute atomic E-state index is 6.40. The standard InChI is InChI=1S/C65H57BN2O/c1-40-32-59-63-60(33-40)68(50-20-15-18-44(36-50)46-25-29-54-53-22-12-13-23-61(53)69-62(54)37-46)58-39-48(65(7,8)9)27-31-56(58)66(63)55-30-26-47(64(4,5)6)38-57(55)67(59)49-19-14-17-43(35-49)45-24-28-52(42(3)34-45)51-21-11-10-16-41(51)2/h10-39H,1-9H3. The highest BCUT2D eigenvalue weighted by atomic mass is 16.3. The average molecular weight is 893 g/mol. The lowest BCUT2D eigenvalue weighted by Gasteiger charge is -2.45. The van der Waals surface area contributed by atoms with E-state index in [4.69, 9.17) is 4.42 Å². The van der Waals surface area contributed by atoms with Crippen molar-refractivity contribution in [3.05, 3.63) is 210 Å². The quantitative estimate of drug-likeness (QED) is 0.161. The Labute approximate surface area is 407 Å². The van der Waals surface area contributed by atoms with Crippen LogP contribution < -0.4 is 26.2 Å². The minimum atomic E-state index is -0.0458. The van der Waals surface area contributed by atoms with Gasteiger partial charge >= 0.3 is 0 Å². The smallest absolute Gasteiger partial charge is 0.252 e. The number of hydrogen-bond donors (Lipinski definition) is 0. The number of rotatable bonds is 5. The fourth-order valence-corrected chi connectivity index (χ4v) is 11.2. The Hall–Kier alpha value is -7.56. The second-order valence-corrected chi connectivity index (χ2v) is 21.6. The number of hydrogen-bond acceptors (Lipinski definition) is 3. The first kappa shape index (κ1) is 42.8. The summed E-state index contributed by atoms with van der Waals surface area (Å²) >= 11 is 0. The molecule has 0 radical (unpaired) electrons. The van der Waals surface area contributed by atoms with E-state index in [0.717, 1.165) is 44.4 Å². The van der Waals surface area contributed by atoms with E-state index in [1.807, 2.05) is 6.07 Å². The second-order valence-electron chi connectivity index (χ2n) is 21.6. The molecule has 0 unspecified atom stereocenters. The number of benzene rings is 9. The number of anilines is 6. The van der Waals surface area contributed by atoms with E-state index >= 15 is 0 Å². The molecule has 0 atom stereocenters. The molecule has 0 fully saturated rings. The van der Waals surface area contributed by atoms with Gasteiger partial charge in [-0.3, -0.25) is 0 Å². The van der Waals surface area contributed by atoms with E-state index in [0.29, 0.717) is 0 Å². The van der Waals surface area contributed by atoms with Gasteiger partial charge in [0.05, 0.1) is 0 Å². The zero-order chi connectivity index (χ0) is 47.5. The molecule has 0 saturated carbocycles. The van der Waals surface area contributed by atoms with Gasteiger partial charge in [0.2, 0.25) is 0 Å². The number of nitrogens with zero attached hydrogens (tertiary/aromatic N) is 2. The number of fused-ring (bicyclic) bond motifs is 7. The summed E-state index contributed by atoms with van der Waals surface area (Å²) < 4.78 is 6.40. The molecular formula is C65H57BN2O. The largest absolute Gasteiger partial charge is 0.456 e. The van der Waals surface area contributed by atoms with Crippen LogP contribution in [0.5, 0.6) is 0 Å². The molecule has 0 spiro atoms. The first-order valence-corrected chi connectivity index (χ1v) is 24.5. The highest BCUT2D eigenvalue weighted by Crippen LogP contribution is 2.47. The van der Waals surface area contributed by atoms with Gasteiger partial charge in [0, 0.05) is 44.9 Å². The highest BCUT2D eigenvalue weighted by molar-refractivity contribution is 7.00. The average Bonchev–Trinajstić information content (AvgIpc) is 3.71. The SMILES string of the molecule is Cc1cc2c3c(c1)N(c1cccc(-c4ccc5c(c4)oc4ccccc45)c1)c1cc(C(C)(C)C)ccc1B3c1ccc(C(C)(C)C)cc1N2c1cccc(-c2ccc(-c3ccccc3C)c(C)c2)c1. The van der Waals surface area contributed by atoms with Gasteiger partial charge in [-0.2, -0.15) is 0 Å². The Morgan fingerprint density at radius 1 is 0.391 bits per heavy atom. The first-order valence-electron chi connectivity index (χ1n) is 24.5. The summed E-state index contributed by atoms with van der Waals surface area (Å²) in [6.45, 7) is 20.7. The van der Waals surface area contributed by atoms with Gasteiger partial charge in [0.15, 0.2) is 0 Å². The van der Waals surface area contributed by atoms with E-state index in [9.17, 15) is 0 Å². The van der Waals surface area contributed by atoms with Crippen molar-refractivity contribution in [3.8, 4) is 33.4 Å². The molecule has 0 N–H and O–H groups in total. The maximum Gasteiger partial charge on any atom is 0.252 e. The van der Waals surface area contributed by atoms with Crippen LogP contribution in [0.4, 0.5) is 34.1 Å². The normalized spacial score (nSPS) is 13.2. The van der Waals surface area contributed by atoms with Gasteiger partial charge in [0.1, 0.15) is 11.2 Å². The van der Waals surface area contributed by atoms with Crippen LogP contribution >= 0.6 is 0 Å². The molecule has 69 heavy (non-hydrogen) atoms. The summed E-state index contributed by atoms with van der Waals surface area (Å²) in [5, 5.41) is 2.28. The van der Waals surface area contributed by atoms with Gasteiger partial charge in [-0.15, -0.1) is 0 Å². The van der Waals surface area contributed by atoms with Gasteiger partial charge in [-0.1, -0.05) is 157 Å². The van der Waals surface area contributed by atoms with E-state index in [2.05, 4.69) is 248 Å². The van der Waals surface area contributed by atoms with Gasteiger partial charge in [-0.05, 0) is 176 Å². The predicted octanol–water partition coefficient (Wildman–Crippen LogP) is 16.2. The van der Waals surface area contributed by atoms with E-state index in [1.165, 1.54) is 89.2 Å². The summed E-state index contributed by atoms with van der Waals surface area (Å²) in [6, 6.07) is 68.3. The molecule has 3 nitrogen and oxygen atoms in total. The van der Waals surface area contributed by atoms with Crippen LogP contribution in [-0.2, 0) is 10.8 Å². The van der Waals surface area contributed by atoms with Crippen LogP contribution in [0, 0.1) is 20.8 Å². The molecule has 2 aliphatic heterocycles. The topological polar surface area (TPSA) is 19.6 Å². The Bertz CT molecular complexity index is 3710. The minimum absolute atomic E-state index is 0.0228. The van der Waals surface area contributed by atoms with Crippen LogP contribution in [0.2, 0.25) is 0 Å². The molecule has 0 amide bonds. The van der Waals surface area contributed by atoms with Crippen molar-refractivity contribution in [3.63, 3.8) is 0 Å². The molecule has 4 heteroatoms. The lowest BCUT2D eigenvalue weighted by molar-refractivity contribution is 0.590. The third-order valence-electron chi connectivity index (χ3n) is 14.9. The number of para-hydroxylation sites is 1. The first-order chi connectivity index (χ1) is 33.2. The van der Waals surface area contributed by atoms with Crippen molar-refractivity contribution in [2.24, 2.45) is 0 Å². The molecule has 10 aromatic rings. The van der Waals surface area contributed by atoms with E-state index in [-0.39, 0.29) is 17.5 Å². The van der Waals surface area contributed by atoms with Crippen LogP contribution in [0.3, 0.4) is 0 Å². The number of aryl methyl sites for hydroxylation is 3. The second kappa shape index (κ2) is 15.8. The summed E-state index contributed by atoms with van der Waals surface area (Å²) in [6.07, 6.45) is 0. The van der Waals surface area contributed by atoms with Crippen LogP contribution in [0.1, 0.15) is 69.4 Å². The fraction of sp³-hybridized carbons (Fsp3) is 0.169. The Balaban J connectivity index is 1.06. The molecule has 12 rings (SSSR count). The van der Waals surface area contributed by atoms with Gasteiger partial charge in [-0.25, -0.2) is 0 Å². The van der Waals surface area contributed by atoms with Gasteiger partial charge in [0.25, 0.3) is 6.71 Å². The molecule has 9 aromatic carbocycles. The Morgan fingerprint density at radius 3 is 1.51 bits per heavy atom. The summed E-state index contributed by atoms with van der Waals surface area (Å²) in [7, 11) is 0. The molecule has 0 aliphatic carbocycles. The summed E-state index contributed by atoms with van der Waals surface area (Å²) in [5.41, 5.74) is 26.5. The minimum Gasteiger partial charge on any atom is -0.456 e. The maximum atomic E-state index is 6.40. The summed E-state index contributed by atoms with van der Waals surface area (Å²) in [4.78, 5) is 5.12. The van der Waals surface area contributed by atoms with E-state index < -0.39 is 0 Å². The van der Waals surface area contributed by atoms with Crippen molar-refractivity contribution in [1.29, 1.82) is 0 Å². The van der Waals surface area contributed by atoms with Crippen molar-refractivity contribution in [2.45, 2.75) is 73.1 Å².